The summed E-state index contributed by atoms with van der Waals surface area (Å²) >= 11 is 0. The zero-order valence-corrected chi connectivity index (χ0v) is 10.7. The molecule has 21 heavy (non-hydrogen) atoms. The molecule has 2 heterocycles. The van der Waals surface area contributed by atoms with Crippen LogP contribution in [0.3, 0.4) is 0 Å². The van der Waals surface area contributed by atoms with Crippen LogP contribution in [-0.2, 0) is 0 Å². The van der Waals surface area contributed by atoms with Gasteiger partial charge in [-0.05, 0) is 30.2 Å². The predicted octanol–water partition coefficient (Wildman–Crippen LogP) is 2.24. The normalized spacial score (nSPS) is 13.9. The van der Waals surface area contributed by atoms with Gasteiger partial charge in [0, 0.05) is 12.0 Å². The molecule has 0 saturated heterocycles. The SMILES string of the molecule is C#CC1=Nc2ccc3c4c(ccc(c24)O1)N=C(C#CN)O3. The minimum Gasteiger partial charge on any atom is -0.431 e. The highest BCUT2D eigenvalue weighted by atomic mass is 16.5. The standard InChI is InChI=1S/C16H7N3O2/c1-2-13-18-9-3-6-12-16-10(19-14(21-12)7-8-17)4-5-11(20-13)15(9)16/h1,3-6H,17H2. The molecule has 0 fully saturated rings. The largest absolute Gasteiger partial charge is 0.431 e. The molecule has 2 aromatic rings. The van der Waals surface area contributed by atoms with Gasteiger partial charge in [-0.15, -0.1) is 6.42 Å². The zero-order chi connectivity index (χ0) is 14.4. The van der Waals surface area contributed by atoms with E-state index in [1.807, 2.05) is 12.1 Å². The smallest absolute Gasteiger partial charge is 0.275 e. The molecule has 0 amide bonds. The molecule has 0 spiro atoms. The van der Waals surface area contributed by atoms with Crippen LogP contribution in [0.4, 0.5) is 11.4 Å². The quantitative estimate of drug-likeness (QED) is 0.591. The lowest BCUT2D eigenvalue weighted by molar-refractivity contribution is 0.552. The first kappa shape index (κ1) is 11.4. The number of hydrogen-bond donors (Lipinski definition) is 1. The number of aliphatic imine (C=N–C) groups is 2. The molecule has 2 aliphatic heterocycles. The molecule has 2 aromatic carbocycles. The summed E-state index contributed by atoms with van der Waals surface area (Å²) in [5, 5.41) is 1.65. The van der Waals surface area contributed by atoms with Crippen molar-refractivity contribution in [2.75, 3.05) is 0 Å². The molecular formula is C16H7N3O2. The summed E-state index contributed by atoms with van der Waals surface area (Å²) < 4.78 is 11.2. The van der Waals surface area contributed by atoms with Gasteiger partial charge in [-0.1, -0.05) is 0 Å². The lowest BCUT2D eigenvalue weighted by atomic mass is 10.0. The molecular weight excluding hydrogens is 266 g/mol. The fraction of sp³-hybridized carbons (Fsp3) is 0. The van der Waals surface area contributed by atoms with Crippen molar-refractivity contribution in [1.82, 2.24) is 0 Å². The highest BCUT2D eigenvalue weighted by Crippen LogP contribution is 2.47. The van der Waals surface area contributed by atoms with E-state index in [0.29, 0.717) is 11.5 Å². The minimum atomic E-state index is 0.237. The molecule has 2 aliphatic rings. The molecule has 4 rings (SSSR count). The van der Waals surface area contributed by atoms with E-state index in [1.165, 1.54) is 0 Å². The second kappa shape index (κ2) is 4.03. The van der Waals surface area contributed by atoms with E-state index < -0.39 is 0 Å². The van der Waals surface area contributed by atoms with Crippen LogP contribution >= 0.6 is 0 Å². The molecule has 2 N–H and O–H groups in total. The summed E-state index contributed by atoms with van der Waals surface area (Å²) in [4.78, 5) is 8.61. The lowest BCUT2D eigenvalue weighted by Crippen LogP contribution is -2.12. The van der Waals surface area contributed by atoms with Crippen molar-refractivity contribution in [3.8, 4) is 35.8 Å². The van der Waals surface area contributed by atoms with Gasteiger partial charge in [-0.25, -0.2) is 9.98 Å². The van der Waals surface area contributed by atoms with E-state index in [4.69, 9.17) is 21.6 Å². The molecule has 0 atom stereocenters. The third-order valence-electron chi connectivity index (χ3n) is 3.20. The Hall–Kier alpha value is -3.44. The highest BCUT2D eigenvalue weighted by molar-refractivity contribution is 6.15. The molecule has 0 aromatic heterocycles. The van der Waals surface area contributed by atoms with Crippen LogP contribution in [0, 0.1) is 24.3 Å². The van der Waals surface area contributed by atoms with Gasteiger partial charge in [0.15, 0.2) is 0 Å². The number of hydrogen-bond acceptors (Lipinski definition) is 5. The van der Waals surface area contributed by atoms with Crippen molar-refractivity contribution < 1.29 is 9.47 Å². The van der Waals surface area contributed by atoms with Crippen molar-refractivity contribution in [1.29, 1.82) is 0 Å². The Bertz CT molecular complexity index is 969. The van der Waals surface area contributed by atoms with Crippen LogP contribution in [0.5, 0.6) is 11.5 Å². The highest BCUT2D eigenvalue weighted by Gasteiger charge is 2.23. The van der Waals surface area contributed by atoms with E-state index in [9.17, 15) is 0 Å². The predicted molar refractivity (Wildman–Crippen MR) is 80.2 cm³/mol. The fourth-order valence-corrected chi connectivity index (χ4v) is 2.40. The van der Waals surface area contributed by atoms with Crippen LogP contribution in [-0.4, -0.2) is 11.8 Å². The summed E-state index contributed by atoms with van der Waals surface area (Å²) in [6, 6.07) is 9.54. The maximum Gasteiger partial charge on any atom is 0.275 e. The summed E-state index contributed by atoms with van der Waals surface area (Å²) in [5.74, 6) is 6.80. The van der Waals surface area contributed by atoms with Gasteiger partial charge in [-0.3, -0.25) is 0 Å². The Morgan fingerprint density at radius 3 is 2.05 bits per heavy atom. The molecule has 0 radical (unpaired) electrons. The number of nitrogens with two attached hydrogens (primary N) is 1. The first-order valence-corrected chi connectivity index (χ1v) is 6.11. The first-order valence-electron chi connectivity index (χ1n) is 6.11. The summed E-state index contributed by atoms with van der Waals surface area (Å²) in [6.45, 7) is 0. The van der Waals surface area contributed by atoms with Crippen LogP contribution in [0.1, 0.15) is 0 Å². The van der Waals surface area contributed by atoms with Crippen molar-refractivity contribution in [2.24, 2.45) is 15.7 Å². The van der Waals surface area contributed by atoms with Gasteiger partial charge >= 0.3 is 0 Å². The fourth-order valence-electron chi connectivity index (χ4n) is 2.40. The topological polar surface area (TPSA) is 69.2 Å². The van der Waals surface area contributed by atoms with E-state index in [1.54, 1.807) is 12.1 Å². The third kappa shape index (κ3) is 1.55. The van der Waals surface area contributed by atoms with Gasteiger partial charge in [-0.2, -0.15) is 0 Å². The Balaban J connectivity index is 2.07. The van der Waals surface area contributed by atoms with Gasteiger partial charge in [0.2, 0.25) is 0 Å². The molecule has 98 valence electrons. The summed E-state index contributed by atoms with van der Waals surface area (Å²) in [5.41, 5.74) is 6.67. The van der Waals surface area contributed by atoms with Crippen molar-refractivity contribution >= 4 is 33.9 Å². The van der Waals surface area contributed by atoms with E-state index in [0.717, 1.165) is 22.1 Å². The van der Waals surface area contributed by atoms with Crippen molar-refractivity contribution in [3.63, 3.8) is 0 Å². The Morgan fingerprint density at radius 1 is 0.905 bits per heavy atom. The Labute approximate surface area is 120 Å². The van der Waals surface area contributed by atoms with Gasteiger partial charge in [0.25, 0.3) is 11.8 Å². The van der Waals surface area contributed by atoms with E-state index in [-0.39, 0.29) is 11.8 Å². The molecule has 0 bridgehead atoms. The van der Waals surface area contributed by atoms with Crippen LogP contribution in [0.25, 0.3) is 10.8 Å². The first-order chi connectivity index (χ1) is 10.3. The average molecular weight is 273 g/mol. The molecule has 5 heteroatoms. The number of terminal acetylenes is 1. The maximum absolute atomic E-state index is 5.63. The second-order valence-electron chi connectivity index (χ2n) is 4.37. The second-order valence-corrected chi connectivity index (χ2v) is 4.37. The number of rotatable bonds is 0. The lowest BCUT2D eigenvalue weighted by Gasteiger charge is -2.20. The monoisotopic (exact) mass is 273 g/mol. The molecule has 5 nitrogen and oxygen atoms in total. The van der Waals surface area contributed by atoms with Gasteiger partial charge < -0.3 is 15.2 Å². The van der Waals surface area contributed by atoms with E-state index >= 15 is 0 Å². The Kier molecular flexibility index (Phi) is 2.18. The maximum atomic E-state index is 5.63. The van der Waals surface area contributed by atoms with Crippen molar-refractivity contribution in [2.45, 2.75) is 0 Å². The van der Waals surface area contributed by atoms with Gasteiger partial charge in [0.05, 0.1) is 22.1 Å². The Morgan fingerprint density at radius 2 is 1.48 bits per heavy atom. The minimum absolute atomic E-state index is 0.237. The van der Waals surface area contributed by atoms with Crippen LogP contribution < -0.4 is 15.2 Å². The van der Waals surface area contributed by atoms with Gasteiger partial charge in [0.1, 0.15) is 11.5 Å². The molecule has 0 aliphatic carbocycles. The molecule has 0 saturated carbocycles. The van der Waals surface area contributed by atoms with Crippen LogP contribution in [0.2, 0.25) is 0 Å². The number of ether oxygens (including phenoxy) is 2. The number of benzene rings is 2. The van der Waals surface area contributed by atoms with Crippen LogP contribution in [0.15, 0.2) is 34.3 Å². The van der Waals surface area contributed by atoms with E-state index in [2.05, 4.69) is 27.9 Å². The van der Waals surface area contributed by atoms with Crippen molar-refractivity contribution in [3.05, 3.63) is 24.3 Å². The summed E-state index contributed by atoms with van der Waals surface area (Å²) in [7, 11) is 0. The molecule has 0 unspecified atom stereocenters. The average Bonchev–Trinajstić information content (AvgIpc) is 2.52. The third-order valence-corrected chi connectivity index (χ3v) is 3.20. The number of nitrogens with zero attached hydrogens (tertiary/aromatic N) is 2. The zero-order valence-electron chi connectivity index (χ0n) is 10.7. The summed E-state index contributed by atoms with van der Waals surface area (Å²) in [6.07, 6.45) is 5.36.